The van der Waals surface area contributed by atoms with E-state index in [9.17, 15) is 4.79 Å². The van der Waals surface area contributed by atoms with Crippen LogP contribution in [0.1, 0.15) is 11.1 Å². The molecule has 3 aromatic carbocycles. The van der Waals surface area contributed by atoms with Gasteiger partial charge in [-0.15, -0.1) is 0 Å². The molecule has 0 saturated heterocycles. The molecule has 6 nitrogen and oxygen atoms in total. The van der Waals surface area contributed by atoms with Crippen molar-refractivity contribution in [2.24, 2.45) is 0 Å². The summed E-state index contributed by atoms with van der Waals surface area (Å²) in [5.74, 6) is 1.58. The summed E-state index contributed by atoms with van der Waals surface area (Å²) in [6, 6.07) is 20.4. The molecular weight excluding hydrogens is 390 g/mol. The van der Waals surface area contributed by atoms with Crippen LogP contribution in [-0.2, 0) is 13.0 Å². The van der Waals surface area contributed by atoms with Crippen LogP contribution in [0.25, 0.3) is 22.0 Å². The lowest BCUT2D eigenvalue weighted by atomic mass is 9.94. The highest BCUT2D eigenvalue weighted by Gasteiger charge is 2.22. The fraction of sp³-hybridized carbons (Fsp3) is 0.160. The highest BCUT2D eigenvalue weighted by molar-refractivity contribution is 6.01. The monoisotopic (exact) mass is 411 g/mol. The van der Waals surface area contributed by atoms with E-state index in [1.54, 1.807) is 0 Å². The number of anilines is 1. The summed E-state index contributed by atoms with van der Waals surface area (Å²) in [4.78, 5) is 18.0. The second-order valence-corrected chi connectivity index (χ2v) is 7.90. The van der Waals surface area contributed by atoms with Gasteiger partial charge in [0, 0.05) is 30.2 Å². The fourth-order valence-electron chi connectivity index (χ4n) is 4.35. The number of hydrogen-bond donors (Lipinski definition) is 2. The average Bonchev–Trinajstić information content (AvgIpc) is 3.45. The van der Waals surface area contributed by atoms with Gasteiger partial charge in [0.25, 0.3) is 0 Å². The number of nitrogens with zero attached hydrogens (tertiary/aromatic N) is 1. The van der Waals surface area contributed by atoms with Gasteiger partial charge in [-0.1, -0.05) is 42.5 Å². The summed E-state index contributed by atoms with van der Waals surface area (Å²) >= 11 is 0. The fourth-order valence-corrected chi connectivity index (χ4v) is 4.35. The van der Waals surface area contributed by atoms with Crippen LogP contribution < -0.4 is 14.8 Å². The second kappa shape index (κ2) is 7.09. The smallest absolute Gasteiger partial charge is 0.322 e. The van der Waals surface area contributed by atoms with Crippen molar-refractivity contribution in [1.82, 2.24) is 9.88 Å². The Morgan fingerprint density at radius 3 is 2.74 bits per heavy atom. The van der Waals surface area contributed by atoms with Crippen molar-refractivity contribution in [3.63, 3.8) is 0 Å². The zero-order valence-corrected chi connectivity index (χ0v) is 16.9. The predicted molar refractivity (Wildman–Crippen MR) is 119 cm³/mol. The third-order valence-corrected chi connectivity index (χ3v) is 6.04. The largest absolute Gasteiger partial charge is 0.454 e. The number of fused-ring (bicyclic) bond motifs is 3. The van der Waals surface area contributed by atoms with E-state index in [0.717, 1.165) is 45.6 Å². The molecule has 0 fully saturated rings. The van der Waals surface area contributed by atoms with E-state index < -0.39 is 0 Å². The van der Waals surface area contributed by atoms with Gasteiger partial charge in [-0.25, -0.2) is 4.79 Å². The van der Waals surface area contributed by atoms with Crippen molar-refractivity contribution >= 4 is 22.6 Å². The van der Waals surface area contributed by atoms with E-state index in [2.05, 4.69) is 34.6 Å². The quantitative estimate of drug-likeness (QED) is 0.479. The minimum absolute atomic E-state index is 0.0738. The maximum Gasteiger partial charge on any atom is 0.322 e. The molecule has 0 unspecified atom stereocenters. The van der Waals surface area contributed by atoms with Crippen molar-refractivity contribution in [2.45, 2.75) is 13.0 Å². The molecule has 3 heterocycles. The summed E-state index contributed by atoms with van der Waals surface area (Å²) < 4.78 is 10.9. The third-order valence-electron chi connectivity index (χ3n) is 6.04. The van der Waals surface area contributed by atoms with E-state index in [4.69, 9.17) is 9.47 Å². The van der Waals surface area contributed by atoms with Crippen LogP contribution in [0.15, 0.2) is 66.9 Å². The zero-order chi connectivity index (χ0) is 20.8. The summed E-state index contributed by atoms with van der Waals surface area (Å²) in [7, 11) is 0. The Balaban J connectivity index is 1.20. The minimum Gasteiger partial charge on any atom is -0.454 e. The molecule has 0 spiro atoms. The highest BCUT2D eigenvalue weighted by atomic mass is 16.7. The molecule has 2 aliphatic rings. The van der Waals surface area contributed by atoms with Crippen LogP contribution in [-0.4, -0.2) is 29.3 Å². The van der Waals surface area contributed by atoms with Crippen molar-refractivity contribution in [3.8, 4) is 22.6 Å². The van der Waals surface area contributed by atoms with Crippen LogP contribution in [0, 0.1) is 0 Å². The van der Waals surface area contributed by atoms with Crippen LogP contribution in [0.4, 0.5) is 10.5 Å². The number of hydrogen-bond acceptors (Lipinski definition) is 3. The van der Waals surface area contributed by atoms with Gasteiger partial charge in [0.05, 0.1) is 5.69 Å². The number of para-hydroxylation sites is 1. The van der Waals surface area contributed by atoms with Crippen LogP contribution in [0.3, 0.4) is 0 Å². The number of carbonyl (C=O) groups excluding carboxylic acids is 1. The average molecular weight is 411 g/mol. The Morgan fingerprint density at radius 1 is 0.935 bits per heavy atom. The Hall–Kier alpha value is -3.93. The number of urea groups is 1. The molecule has 154 valence electrons. The topological polar surface area (TPSA) is 66.6 Å². The molecule has 0 bridgehead atoms. The lowest BCUT2D eigenvalue weighted by molar-refractivity contribution is 0.174. The maximum absolute atomic E-state index is 12.9. The van der Waals surface area contributed by atoms with E-state index in [1.165, 1.54) is 11.1 Å². The first kappa shape index (κ1) is 17.9. The number of aromatic amines is 1. The maximum atomic E-state index is 12.9. The number of H-pyrrole nitrogens is 1. The molecule has 2 N–H and O–H groups in total. The number of carbonyl (C=O) groups is 1. The van der Waals surface area contributed by atoms with E-state index in [0.29, 0.717) is 13.1 Å². The lowest BCUT2D eigenvalue weighted by Crippen LogP contribution is -2.38. The molecule has 4 aromatic rings. The minimum atomic E-state index is -0.0738. The van der Waals surface area contributed by atoms with E-state index >= 15 is 0 Å². The third kappa shape index (κ3) is 3.17. The van der Waals surface area contributed by atoms with E-state index in [1.807, 2.05) is 47.5 Å². The second-order valence-electron chi connectivity index (χ2n) is 7.90. The highest BCUT2D eigenvalue weighted by Crippen LogP contribution is 2.36. The van der Waals surface area contributed by atoms with Gasteiger partial charge in [0.1, 0.15) is 0 Å². The molecule has 2 aliphatic heterocycles. The van der Waals surface area contributed by atoms with Gasteiger partial charge < -0.3 is 24.7 Å². The molecule has 0 aliphatic carbocycles. The predicted octanol–water partition coefficient (Wildman–Crippen LogP) is 5.15. The van der Waals surface area contributed by atoms with Crippen LogP contribution in [0.5, 0.6) is 11.5 Å². The number of amides is 2. The Kier molecular flexibility index (Phi) is 4.09. The van der Waals surface area contributed by atoms with Gasteiger partial charge in [-0.3, -0.25) is 0 Å². The number of rotatable bonds is 2. The molecule has 2 amide bonds. The molecule has 31 heavy (non-hydrogen) atoms. The lowest BCUT2D eigenvalue weighted by Gasteiger charge is -2.29. The van der Waals surface area contributed by atoms with Gasteiger partial charge in [-0.2, -0.15) is 0 Å². The van der Waals surface area contributed by atoms with Crippen molar-refractivity contribution < 1.29 is 14.3 Å². The van der Waals surface area contributed by atoms with Crippen LogP contribution >= 0.6 is 0 Å². The summed E-state index contributed by atoms with van der Waals surface area (Å²) in [6.07, 6.45) is 2.67. The standard InChI is InChI=1S/C25H21N3O3/c29-25(27-22-13-26-21-4-2-1-3-20(21)22)28-10-9-18-11-16(5-6-19(18)14-28)17-7-8-23-24(12-17)31-15-30-23/h1-8,11-13,26H,9-10,14-15H2,(H,27,29). The summed E-state index contributed by atoms with van der Waals surface area (Å²) in [5, 5.41) is 4.07. The molecule has 1 aromatic heterocycles. The van der Waals surface area contributed by atoms with Crippen molar-refractivity contribution in [2.75, 3.05) is 18.7 Å². The number of benzene rings is 3. The number of nitrogens with one attached hydrogen (secondary N) is 2. The number of aromatic nitrogens is 1. The summed E-state index contributed by atoms with van der Waals surface area (Å²) in [6.45, 7) is 1.57. The Morgan fingerprint density at radius 2 is 1.77 bits per heavy atom. The van der Waals surface area contributed by atoms with Gasteiger partial charge in [0.15, 0.2) is 11.5 Å². The first-order valence-corrected chi connectivity index (χ1v) is 10.4. The van der Waals surface area contributed by atoms with E-state index in [-0.39, 0.29) is 12.8 Å². The van der Waals surface area contributed by atoms with Gasteiger partial charge in [0.2, 0.25) is 6.79 Å². The molecular formula is C25H21N3O3. The van der Waals surface area contributed by atoms with Crippen molar-refractivity contribution in [3.05, 3.63) is 78.0 Å². The first-order valence-electron chi connectivity index (χ1n) is 10.4. The van der Waals surface area contributed by atoms with Crippen molar-refractivity contribution in [1.29, 1.82) is 0 Å². The summed E-state index contributed by atoms with van der Waals surface area (Å²) in [5.41, 5.74) is 6.54. The Bertz CT molecular complexity index is 1310. The molecule has 0 saturated carbocycles. The van der Waals surface area contributed by atoms with Gasteiger partial charge >= 0.3 is 6.03 Å². The molecule has 0 atom stereocenters. The van der Waals surface area contributed by atoms with Crippen LogP contribution in [0.2, 0.25) is 0 Å². The zero-order valence-electron chi connectivity index (χ0n) is 16.9. The first-order chi connectivity index (χ1) is 15.2. The Labute approximate surface area is 179 Å². The normalized spacial score (nSPS) is 14.5. The van der Waals surface area contributed by atoms with Gasteiger partial charge in [-0.05, 0) is 46.9 Å². The molecule has 6 rings (SSSR count). The molecule has 6 heteroatoms. The number of ether oxygens (including phenoxy) is 2. The molecule has 0 radical (unpaired) electrons. The SMILES string of the molecule is O=C(Nc1c[nH]c2ccccc12)N1CCc2cc(-c3ccc4c(c3)OCO4)ccc2C1.